The van der Waals surface area contributed by atoms with Crippen LogP contribution in [0.4, 0.5) is 4.79 Å². The highest BCUT2D eigenvalue weighted by Crippen LogP contribution is 1.97. The lowest BCUT2D eigenvalue weighted by Crippen LogP contribution is -2.49. The molecule has 0 heterocycles. The van der Waals surface area contributed by atoms with Crippen molar-refractivity contribution in [2.45, 2.75) is 33.2 Å². The zero-order valence-electron chi connectivity index (χ0n) is 9.34. The summed E-state index contributed by atoms with van der Waals surface area (Å²) in [6.45, 7) is 6.07. The van der Waals surface area contributed by atoms with Gasteiger partial charge in [-0.05, 0) is 20.8 Å². The molecule has 2 N–H and O–H groups in total. The molecule has 0 atom stereocenters. The summed E-state index contributed by atoms with van der Waals surface area (Å²) >= 11 is 0. The Bertz CT molecular complexity index is 268. The second kappa shape index (κ2) is 5.33. The second-order valence-electron chi connectivity index (χ2n) is 4.03. The van der Waals surface area contributed by atoms with Gasteiger partial charge in [0.25, 0.3) is 5.91 Å². The van der Waals surface area contributed by atoms with Crippen LogP contribution in [-0.2, 0) is 14.3 Å². The van der Waals surface area contributed by atoms with E-state index < -0.39 is 30.1 Å². The third-order valence-corrected chi connectivity index (χ3v) is 1.15. The molecule has 0 saturated heterocycles. The van der Waals surface area contributed by atoms with Crippen LogP contribution < -0.4 is 10.6 Å². The van der Waals surface area contributed by atoms with Gasteiger partial charge in [0, 0.05) is 12.5 Å². The molecule has 86 valence electrons. The van der Waals surface area contributed by atoms with Crippen LogP contribution in [0.25, 0.3) is 0 Å². The minimum absolute atomic E-state index is 0.425. The summed E-state index contributed by atoms with van der Waals surface area (Å²) < 4.78 is 4.40. The third-order valence-electron chi connectivity index (χ3n) is 1.15. The Morgan fingerprint density at radius 2 is 1.73 bits per heavy atom. The van der Waals surface area contributed by atoms with E-state index in [4.69, 9.17) is 0 Å². The fourth-order valence-corrected chi connectivity index (χ4v) is 0.702. The molecule has 0 aliphatic carbocycles. The first-order valence-corrected chi connectivity index (χ1v) is 4.46. The standard InChI is InChI=1S/C9H16N2O4/c1-6(12)15-5-7(13)10-8(14)11-9(2,3)4/h5H2,1-4H3,(H2,10,11,13,14). The molecule has 0 aromatic carbocycles. The minimum Gasteiger partial charge on any atom is -0.456 e. The number of ether oxygens (including phenoxy) is 1. The molecule has 0 aromatic heterocycles. The predicted octanol–water partition coefficient (Wildman–Crippen LogP) is 0.174. The highest BCUT2D eigenvalue weighted by Gasteiger charge is 2.15. The van der Waals surface area contributed by atoms with Gasteiger partial charge in [0.05, 0.1) is 0 Å². The van der Waals surface area contributed by atoms with Gasteiger partial charge in [-0.3, -0.25) is 14.9 Å². The number of carbonyl (C=O) groups is 3. The number of hydrogen-bond donors (Lipinski definition) is 2. The van der Waals surface area contributed by atoms with Crippen molar-refractivity contribution in [3.63, 3.8) is 0 Å². The molecule has 0 saturated carbocycles. The van der Waals surface area contributed by atoms with Crippen LogP contribution in [-0.4, -0.2) is 30.1 Å². The average molecular weight is 216 g/mol. The first-order valence-electron chi connectivity index (χ1n) is 4.46. The van der Waals surface area contributed by atoms with Gasteiger partial charge in [-0.2, -0.15) is 0 Å². The number of esters is 1. The molecular weight excluding hydrogens is 200 g/mol. The van der Waals surface area contributed by atoms with Crippen molar-refractivity contribution in [2.24, 2.45) is 0 Å². The number of nitrogens with one attached hydrogen (secondary N) is 2. The number of urea groups is 1. The van der Waals surface area contributed by atoms with E-state index in [0.29, 0.717) is 0 Å². The van der Waals surface area contributed by atoms with Gasteiger partial charge in [-0.25, -0.2) is 4.79 Å². The lowest BCUT2D eigenvalue weighted by Gasteiger charge is -2.20. The van der Waals surface area contributed by atoms with Crippen LogP contribution in [0.2, 0.25) is 0 Å². The van der Waals surface area contributed by atoms with Crippen molar-refractivity contribution in [1.82, 2.24) is 10.6 Å². The Morgan fingerprint density at radius 3 is 2.13 bits per heavy atom. The van der Waals surface area contributed by atoms with E-state index in [-0.39, 0.29) is 0 Å². The lowest BCUT2D eigenvalue weighted by atomic mass is 10.1. The predicted molar refractivity (Wildman–Crippen MR) is 53.1 cm³/mol. The Labute approximate surface area is 88.4 Å². The van der Waals surface area contributed by atoms with Gasteiger partial charge in [0.2, 0.25) is 0 Å². The quantitative estimate of drug-likeness (QED) is 0.644. The zero-order chi connectivity index (χ0) is 12.1. The van der Waals surface area contributed by atoms with Crippen LogP contribution in [0.5, 0.6) is 0 Å². The number of rotatable bonds is 2. The summed E-state index contributed by atoms with van der Waals surface area (Å²) in [5.41, 5.74) is -0.425. The van der Waals surface area contributed by atoms with Crippen LogP contribution >= 0.6 is 0 Å². The van der Waals surface area contributed by atoms with E-state index in [1.165, 1.54) is 6.92 Å². The van der Waals surface area contributed by atoms with Gasteiger partial charge < -0.3 is 10.1 Å². The molecule has 6 nitrogen and oxygen atoms in total. The van der Waals surface area contributed by atoms with Gasteiger partial charge >= 0.3 is 12.0 Å². The summed E-state index contributed by atoms with van der Waals surface area (Å²) in [5.74, 6) is -1.23. The SMILES string of the molecule is CC(=O)OCC(=O)NC(=O)NC(C)(C)C. The summed E-state index contributed by atoms with van der Waals surface area (Å²) in [7, 11) is 0. The van der Waals surface area contributed by atoms with Crippen LogP contribution in [0.3, 0.4) is 0 Å². The number of hydrogen-bond acceptors (Lipinski definition) is 4. The molecule has 6 heteroatoms. The van der Waals surface area contributed by atoms with Gasteiger partial charge in [-0.1, -0.05) is 0 Å². The van der Waals surface area contributed by atoms with Crippen molar-refractivity contribution in [1.29, 1.82) is 0 Å². The largest absolute Gasteiger partial charge is 0.456 e. The molecule has 0 aliphatic rings. The smallest absolute Gasteiger partial charge is 0.321 e. The summed E-state index contributed by atoms with van der Waals surface area (Å²) in [6, 6.07) is -0.611. The van der Waals surface area contributed by atoms with E-state index >= 15 is 0 Å². The van der Waals surface area contributed by atoms with Gasteiger partial charge in [0.15, 0.2) is 6.61 Å². The summed E-state index contributed by atoms with van der Waals surface area (Å²) in [5, 5.41) is 4.55. The van der Waals surface area contributed by atoms with Gasteiger partial charge in [-0.15, -0.1) is 0 Å². The van der Waals surface area contributed by atoms with Crippen LogP contribution in [0.15, 0.2) is 0 Å². The van der Waals surface area contributed by atoms with E-state index in [9.17, 15) is 14.4 Å². The maximum absolute atomic E-state index is 11.1. The van der Waals surface area contributed by atoms with Crippen LogP contribution in [0.1, 0.15) is 27.7 Å². The Balaban J connectivity index is 3.87. The van der Waals surface area contributed by atoms with E-state index in [2.05, 4.69) is 10.1 Å². The molecule has 0 fully saturated rings. The highest BCUT2D eigenvalue weighted by molar-refractivity contribution is 5.95. The molecule has 0 unspecified atom stereocenters. The molecule has 15 heavy (non-hydrogen) atoms. The Hall–Kier alpha value is -1.59. The molecule has 0 radical (unpaired) electrons. The van der Waals surface area contributed by atoms with Gasteiger partial charge in [0.1, 0.15) is 0 Å². The van der Waals surface area contributed by atoms with Crippen molar-refractivity contribution >= 4 is 17.9 Å². The molecule has 0 aromatic rings. The lowest BCUT2D eigenvalue weighted by molar-refractivity contribution is -0.146. The second-order valence-corrected chi connectivity index (χ2v) is 4.03. The monoisotopic (exact) mass is 216 g/mol. The van der Waals surface area contributed by atoms with Crippen LogP contribution in [0, 0.1) is 0 Å². The molecule has 0 aliphatic heterocycles. The Kier molecular flexibility index (Phi) is 4.77. The third kappa shape index (κ3) is 8.73. The maximum Gasteiger partial charge on any atom is 0.321 e. The van der Waals surface area contributed by atoms with Crippen molar-refractivity contribution in [3.8, 4) is 0 Å². The zero-order valence-corrected chi connectivity index (χ0v) is 9.34. The van der Waals surface area contributed by atoms with Crippen molar-refractivity contribution < 1.29 is 19.1 Å². The fourth-order valence-electron chi connectivity index (χ4n) is 0.702. The normalized spacial score (nSPS) is 10.4. The molecule has 3 amide bonds. The minimum atomic E-state index is -0.660. The number of imide groups is 1. The maximum atomic E-state index is 11.1. The first-order chi connectivity index (χ1) is 6.70. The first kappa shape index (κ1) is 13.4. The topological polar surface area (TPSA) is 84.5 Å². The molecular formula is C9H16N2O4. The Morgan fingerprint density at radius 1 is 1.20 bits per heavy atom. The van der Waals surface area contributed by atoms with Crippen molar-refractivity contribution in [3.05, 3.63) is 0 Å². The van der Waals surface area contributed by atoms with E-state index in [1.807, 2.05) is 5.32 Å². The number of amides is 3. The van der Waals surface area contributed by atoms with E-state index in [0.717, 1.165) is 0 Å². The van der Waals surface area contributed by atoms with Crippen molar-refractivity contribution in [2.75, 3.05) is 6.61 Å². The van der Waals surface area contributed by atoms with E-state index in [1.54, 1.807) is 20.8 Å². The highest BCUT2D eigenvalue weighted by atomic mass is 16.5. The average Bonchev–Trinajstić information content (AvgIpc) is 1.96. The molecule has 0 spiro atoms. The fraction of sp³-hybridized carbons (Fsp3) is 0.667. The number of carbonyl (C=O) groups excluding carboxylic acids is 3. The molecule has 0 bridgehead atoms. The summed E-state index contributed by atoms with van der Waals surface area (Å²) in [6.07, 6.45) is 0. The molecule has 0 rings (SSSR count). The summed E-state index contributed by atoms with van der Waals surface area (Å²) in [4.78, 5) is 32.5.